The molecule has 1 aromatic carbocycles. The molecule has 0 spiro atoms. The average molecular weight is 491 g/mol. The number of hydrogen-bond donors (Lipinski definition) is 2. The van der Waals surface area contributed by atoms with E-state index in [9.17, 15) is 18.7 Å². The molecule has 3 aromatic rings. The van der Waals surface area contributed by atoms with Crippen molar-refractivity contribution in [2.24, 2.45) is 5.14 Å². The van der Waals surface area contributed by atoms with Gasteiger partial charge in [0.25, 0.3) is 0 Å². The van der Waals surface area contributed by atoms with Gasteiger partial charge in [0.05, 0.1) is 17.7 Å². The lowest BCUT2D eigenvalue weighted by Crippen LogP contribution is -2.35. The van der Waals surface area contributed by atoms with Crippen LogP contribution in [0.4, 0.5) is 8.78 Å². The maximum absolute atomic E-state index is 14.4. The number of hydrogen-bond acceptors (Lipinski definition) is 6. The number of aliphatic carboxylic acids is 1. The molecule has 10 heteroatoms. The van der Waals surface area contributed by atoms with Crippen LogP contribution < -0.4 is 9.88 Å². The molecule has 34 heavy (non-hydrogen) atoms. The Morgan fingerprint density at radius 3 is 2.59 bits per heavy atom. The molecule has 0 aliphatic carbocycles. The van der Waals surface area contributed by atoms with E-state index in [0.717, 1.165) is 11.9 Å². The van der Waals surface area contributed by atoms with Gasteiger partial charge in [-0.1, -0.05) is 13.8 Å². The highest BCUT2D eigenvalue weighted by atomic mass is 32.2. The summed E-state index contributed by atoms with van der Waals surface area (Å²) in [5, 5.41) is 19.3. The maximum Gasteiger partial charge on any atom is 0.307 e. The summed E-state index contributed by atoms with van der Waals surface area (Å²) < 4.78 is 36.2. The number of aromatic nitrogens is 3. The number of nitrogens with zero attached hydrogens (tertiary/aromatic N) is 3. The molecule has 3 N–H and O–H groups in total. The molecule has 182 valence electrons. The molecule has 0 bridgehead atoms. The van der Waals surface area contributed by atoms with E-state index < -0.39 is 23.1 Å². The van der Waals surface area contributed by atoms with Crippen molar-refractivity contribution < 1.29 is 23.4 Å². The first kappa shape index (κ1) is 25.6. The second-order valence-corrected chi connectivity index (χ2v) is 9.59. The number of benzene rings is 1. The van der Waals surface area contributed by atoms with E-state index in [1.807, 2.05) is 27.7 Å². The van der Waals surface area contributed by atoms with E-state index in [0.29, 0.717) is 27.9 Å². The quantitative estimate of drug-likeness (QED) is 0.404. The summed E-state index contributed by atoms with van der Waals surface area (Å²) in [7, 11) is 0. The van der Waals surface area contributed by atoms with E-state index in [2.05, 4.69) is 10.1 Å². The van der Waals surface area contributed by atoms with Crippen LogP contribution in [0.5, 0.6) is 5.88 Å². The van der Waals surface area contributed by atoms with Gasteiger partial charge in [0.2, 0.25) is 5.88 Å². The monoisotopic (exact) mass is 490 g/mol. The summed E-state index contributed by atoms with van der Waals surface area (Å²) in [6, 6.07) is 6.03. The first-order chi connectivity index (χ1) is 15.9. The van der Waals surface area contributed by atoms with Crippen LogP contribution in [0.2, 0.25) is 0 Å². The SMILES string of the molecule is Cc1c(F)c(SN)nn1C(C)(C)COc1cc(-c2cc(F)cc(C(C)C)c2CC(=O)O)ccn1. The Morgan fingerprint density at radius 1 is 1.29 bits per heavy atom. The zero-order valence-corrected chi connectivity index (χ0v) is 20.5. The molecule has 2 heterocycles. The zero-order valence-electron chi connectivity index (χ0n) is 19.7. The van der Waals surface area contributed by atoms with E-state index in [-0.39, 0.29) is 29.9 Å². The van der Waals surface area contributed by atoms with Crippen molar-refractivity contribution in [1.29, 1.82) is 0 Å². The van der Waals surface area contributed by atoms with Crippen LogP contribution in [-0.4, -0.2) is 32.4 Å². The van der Waals surface area contributed by atoms with Gasteiger partial charge >= 0.3 is 5.97 Å². The van der Waals surface area contributed by atoms with Crippen molar-refractivity contribution in [2.75, 3.05) is 6.61 Å². The van der Waals surface area contributed by atoms with E-state index in [4.69, 9.17) is 9.88 Å². The summed E-state index contributed by atoms with van der Waals surface area (Å²) in [4.78, 5) is 15.8. The minimum Gasteiger partial charge on any atom is -0.481 e. The molecule has 0 saturated carbocycles. The average Bonchev–Trinajstić information content (AvgIpc) is 3.07. The fourth-order valence-electron chi connectivity index (χ4n) is 3.87. The van der Waals surface area contributed by atoms with Crippen LogP contribution in [0.1, 0.15) is 50.4 Å². The molecule has 7 nitrogen and oxygen atoms in total. The molecule has 0 saturated heterocycles. The Kier molecular flexibility index (Phi) is 7.62. The molecular weight excluding hydrogens is 462 g/mol. The molecule has 0 aliphatic heterocycles. The van der Waals surface area contributed by atoms with Crippen LogP contribution in [-0.2, 0) is 16.8 Å². The summed E-state index contributed by atoms with van der Waals surface area (Å²) in [5.41, 5.74) is 1.87. The second-order valence-electron chi connectivity index (χ2n) is 8.96. The van der Waals surface area contributed by atoms with Crippen LogP contribution in [0, 0.1) is 18.6 Å². The smallest absolute Gasteiger partial charge is 0.307 e. The number of carboxylic acids is 1. The number of ether oxygens (including phenoxy) is 1. The zero-order chi connectivity index (χ0) is 25.2. The van der Waals surface area contributed by atoms with Gasteiger partial charge in [-0.2, -0.15) is 5.10 Å². The lowest BCUT2D eigenvalue weighted by Gasteiger charge is -2.26. The topological polar surface area (TPSA) is 103 Å². The molecule has 0 radical (unpaired) electrons. The Bertz CT molecular complexity index is 1210. The van der Waals surface area contributed by atoms with Crippen LogP contribution >= 0.6 is 11.9 Å². The number of nitrogens with two attached hydrogens (primary N) is 1. The fraction of sp³-hybridized carbons (Fsp3) is 0.375. The predicted octanol–water partition coefficient (Wildman–Crippen LogP) is 5.06. The molecule has 0 unspecified atom stereocenters. The number of pyridine rings is 1. The Labute approximate surface area is 201 Å². The first-order valence-electron chi connectivity index (χ1n) is 10.7. The molecule has 0 atom stereocenters. The largest absolute Gasteiger partial charge is 0.481 e. The summed E-state index contributed by atoms with van der Waals surface area (Å²) in [6.45, 7) is 9.19. The minimum absolute atomic E-state index is 0.0589. The lowest BCUT2D eigenvalue weighted by atomic mass is 9.88. The van der Waals surface area contributed by atoms with Crippen molar-refractivity contribution in [2.45, 2.75) is 57.5 Å². The highest BCUT2D eigenvalue weighted by molar-refractivity contribution is 7.97. The van der Waals surface area contributed by atoms with Gasteiger partial charge in [-0.3, -0.25) is 14.6 Å². The van der Waals surface area contributed by atoms with Crippen LogP contribution in [0.3, 0.4) is 0 Å². The summed E-state index contributed by atoms with van der Waals surface area (Å²) in [6.07, 6.45) is 1.28. The minimum atomic E-state index is -1.00. The van der Waals surface area contributed by atoms with Gasteiger partial charge in [0.1, 0.15) is 12.4 Å². The van der Waals surface area contributed by atoms with Crippen molar-refractivity contribution in [3.8, 4) is 17.0 Å². The highest BCUT2D eigenvalue weighted by Crippen LogP contribution is 2.33. The van der Waals surface area contributed by atoms with Gasteiger partial charge in [0.15, 0.2) is 10.8 Å². The molecular formula is C24H28F2N4O3S. The van der Waals surface area contributed by atoms with Gasteiger partial charge in [-0.15, -0.1) is 0 Å². The number of carboxylic acid groups (broad SMARTS) is 1. The second kappa shape index (κ2) is 10.1. The number of rotatable bonds is 9. The van der Waals surface area contributed by atoms with Gasteiger partial charge in [-0.25, -0.2) is 13.8 Å². The Morgan fingerprint density at radius 2 is 2.00 bits per heavy atom. The highest BCUT2D eigenvalue weighted by Gasteiger charge is 2.28. The third kappa shape index (κ3) is 5.39. The molecule has 0 amide bonds. The predicted molar refractivity (Wildman–Crippen MR) is 127 cm³/mol. The molecule has 0 aliphatic rings. The van der Waals surface area contributed by atoms with Crippen LogP contribution in [0.15, 0.2) is 35.5 Å². The van der Waals surface area contributed by atoms with Crippen molar-refractivity contribution in [1.82, 2.24) is 14.8 Å². The third-order valence-electron chi connectivity index (χ3n) is 5.52. The third-order valence-corrected chi connectivity index (χ3v) is 6.00. The van der Waals surface area contributed by atoms with E-state index in [1.54, 1.807) is 19.1 Å². The molecule has 2 aromatic heterocycles. The normalized spacial score (nSPS) is 11.8. The standard InChI is InChI=1S/C24H28F2N4O3S/c1-13(2)17-9-16(25)10-18(19(17)11-21(31)32)15-6-7-28-20(8-15)33-12-24(4,5)30-14(3)22(26)23(29-30)34-27/h6-10,13H,11-12,27H2,1-5H3,(H,31,32). The number of carbonyl (C=O) groups is 1. The molecule has 0 fully saturated rings. The lowest BCUT2D eigenvalue weighted by molar-refractivity contribution is -0.136. The van der Waals surface area contributed by atoms with Gasteiger partial charge in [0, 0.05) is 12.3 Å². The summed E-state index contributed by atoms with van der Waals surface area (Å²) in [5.74, 6) is -1.71. The van der Waals surface area contributed by atoms with Crippen LogP contribution in [0.25, 0.3) is 11.1 Å². The van der Waals surface area contributed by atoms with Crippen molar-refractivity contribution >= 4 is 17.9 Å². The van der Waals surface area contributed by atoms with Gasteiger partial charge in [-0.05, 0) is 79.1 Å². The Balaban J connectivity index is 1.94. The van der Waals surface area contributed by atoms with E-state index in [1.165, 1.54) is 23.0 Å². The summed E-state index contributed by atoms with van der Waals surface area (Å²) >= 11 is 0.738. The maximum atomic E-state index is 14.4. The van der Waals surface area contributed by atoms with Gasteiger partial charge < -0.3 is 9.84 Å². The van der Waals surface area contributed by atoms with Crippen molar-refractivity contribution in [3.05, 3.63) is 58.9 Å². The Hall–Kier alpha value is -2.98. The first-order valence-corrected chi connectivity index (χ1v) is 11.6. The van der Waals surface area contributed by atoms with E-state index >= 15 is 0 Å². The molecule has 3 rings (SSSR count). The fourth-order valence-corrected chi connectivity index (χ4v) is 4.25. The van der Waals surface area contributed by atoms with Crippen molar-refractivity contribution in [3.63, 3.8) is 0 Å². The number of halogens is 2.